The predicted molar refractivity (Wildman–Crippen MR) is 104 cm³/mol. The zero-order valence-corrected chi connectivity index (χ0v) is 15.4. The highest BCUT2D eigenvalue weighted by molar-refractivity contribution is 6.31. The van der Waals surface area contributed by atoms with Gasteiger partial charge in [0.15, 0.2) is 0 Å². The van der Waals surface area contributed by atoms with Crippen molar-refractivity contribution < 1.29 is 14.1 Å². The number of nitrogens with one attached hydrogen (secondary N) is 2. The first-order valence-corrected chi connectivity index (χ1v) is 8.44. The number of nitrogens with zero attached hydrogens (tertiary/aromatic N) is 3. The molecular formula is C18H15ClFN5O3. The highest BCUT2D eigenvalue weighted by Gasteiger charge is 2.24. The van der Waals surface area contributed by atoms with Crippen LogP contribution in [0.3, 0.4) is 0 Å². The summed E-state index contributed by atoms with van der Waals surface area (Å²) in [5.74, 6) is 0.0758. The van der Waals surface area contributed by atoms with Gasteiger partial charge in [-0.15, -0.1) is 0 Å². The monoisotopic (exact) mass is 403 g/mol. The van der Waals surface area contributed by atoms with Crippen molar-refractivity contribution in [2.75, 3.05) is 17.7 Å². The fourth-order valence-electron chi connectivity index (χ4n) is 2.47. The Bertz CT molecular complexity index is 1000. The molecule has 144 valence electrons. The average Bonchev–Trinajstić information content (AvgIpc) is 2.67. The molecule has 3 aromatic rings. The van der Waals surface area contributed by atoms with Crippen molar-refractivity contribution in [2.24, 2.45) is 0 Å². The number of anilines is 3. The van der Waals surface area contributed by atoms with E-state index in [1.54, 1.807) is 30.3 Å². The van der Waals surface area contributed by atoms with E-state index in [-0.39, 0.29) is 29.7 Å². The summed E-state index contributed by atoms with van der Waals surface area (Å²) in [4.78, 5) is 19.0. The molecule has 10 heteroatoms. The van der Waals surface area contributed by atoms with Gasteiger partial charge >= 0.3 is 5.69 Å². The van der Waals surface area contributed by atoms with Gasteiger partial charge in [0.25, 0.3) is 0 Å². The second-order valence-electron chi connectivity index (χ2n) is 5.63. The number of benzene rings is 2. The molecule has 0 spiro atoms. The largest absolute Gasteiger partial charge is 0.495 e. The van der Waals surface area contributed by atoms with E-state index in [4.69, 9.17) is 16.3 Å². The quantitative estimate of drug-likeness (QED) is 0.441. The Labute approximate surface area is 164 Å². The molecule has 0 bridgehead atoms. The second-order valence-corrected chi connectivity index (χ2v) is 6.06. The van der Waals surface area contributed by atoms with E-state index >= 15 is 0 Å². The van der Waals surface area contributed by atoms with Crippen molar-refractivity contribution in [1.29, 1.82) is 0 Å². The minimum absolute atomic E-state index is 0.0211. The number of methoxy groups -OCH3 is 1. The van der Waals surface area contributed by atoms with Crippen LogP contribution in [0.2, 0.25) is 5.02 Å². The molecule has 0 saturated carbocycles. The van der Waals surface area contributed by atoms with Gasteiger partial charge in [-0.25, -0.2) is 14.4 Å². The predicted octanol–water partition coefficient (Wildman–Crippen LogP) is 4.54. The van der Waals surface area contributed by atoms with Crippen molar-refractivity contribution in [3.63, 3.8) is 0 Å². The van der Waals surface area contributed by atoms with Crippen LogP contribution in [0.5, 0.6) is 5.75 Å². The summed E-state index contributed by atoms with van der Waals surface area (Å²) in [5, 5.41) is 17.8. The van der Waals surface area contributed by atoms with Crippen LogP contribution < -0.4 is 15.4 Å². The maximum atomic E-state index is 13.0. The van der Waals surface area contributed by atoms with Crippen LogP contribution >= 0.6 is 11.6 Å². The van der Waals surface area contributed by atoms with Crippen LogP contribution in [0.1, 0.15) is 5.56 Å². The number of hydrogen-bond acceptors (Lipinski definition) is 7. The maximum absolute atomic E-state index is 13.0. The van der Waals surface area contributed by atoms with E-state index in [0.717, 1.165) is 5.56 Å². The lowest BCUT2D eigenvalue weighted by Crippen LogP contribution is -2.08. The molecule has 0 saturated heterocycles. The van der Waals surface area contributed by atoms with Crippen LogP contribution in [-0.4, -0.2) is 22.0 Å². The molecule has 2 aromatic carbocycles. The van der Waals surface area contributed by atoms with Gasteiger partial charge in [-0.1, -0.05) is 23.7 Å². The number of halogens is 2. The molecule has 0 atom stereocenters. The van der Waals surface area contributed by atoms with Gasteiger partial charge in [0.05, 0.1) is 17.7 Å². The lowest BCUT2D eigenvalue weighted by atomic mass is 10.2. The molecule has 1 heterocycles. The van der Waals surface area contributed by atoms with Gasteiger partial charge in [-0.3, -0.25) is 10.1 Å². The van der Waals surface area contributed by atoms with Gasteiger partial charge in [0, 0.05) is 11.6 Å². The first kappa shape index (κ1) is 19.3. The first-order chi connectivity index (χ1) is 13.5. The highest BCUT2D eigenvalue weighted by Crippen LogP contribution is 2.35. The third-order valence-electron chi connectivity index (χ3n) is 3.79. The number of aromatic nitrogens is 2. The molecule has 3 rings (SSSR count). The molecule has 28 heavy (non-hydrogen) atoms. The summed E-state index contributed by atoms with van der Waals surface area (Å²) in [6, 6.07) is 10.6. The minimum atomic E-state index is -0.591. The van der Waals surface area contributed by atoms with E-state index < -0.39 is 4.92 Å². The molecule has 0 unspecified atom stereocenters. The molecule has 0 aliphatic carbocycles. The van der Waals surface area contributed by atoms with Gasteiger partial charge in [-0.05, 0) is 35.9 Å². The summed E-state index contributed by atoms with van der Waals surface area (Å²) in [6.45, 7) is 0.220. The van der Waals surface area contributed by atoms with Crippen LogP contribution in [0.15, 0.2) is 48.8 Å². The zero-order chi connectivity index (χ0) is 20.1. The Hall–Kier alpha value is -3.46. The molecule has 2 N–H and O–H groups in total. The average molecular weight is 404 g/mol. The standard InChI is InChI=1S/C18H15ClFN5O3/c1-28-15-7-4-12(19)8-14(15)24-18-16(25(26)27)17(22-10-23-18)21-9-11-2-5-13(20)6-3-11/h2-8,10H,9H2,1H3,(H2,21,22,23,24). The first-order valence-electron chi connectivity index (χ1n) is 8.06. The van der Waals surface area contributed by atoms with E-state index in [9.17, 15) is 14.5 Å². The third-order valence-corrected chi connectivity index (χ3v) is 4.03. The van der Waals surface area contributed by atoms with Crippen LogP contribution in [-0.2, 0) is 6.54 Å². The van der Waals surface area contributed by atoms with Crippen molar-refractivity contribution in [2.45, 2.75) is 6.54 Å². The molecular weight excluding hydrogens is 389 g/mol. The lowest BCUT2D eigenvalue weighted by molar-refractivity contribution is -0.383. The molecule has 0 amide bonds. The Morgan fingerprint density at radius 2 is 1.89 bits per heavy atom. The molecule has 0 aliphatic rings. The Balaban J connectivity index is 1.90. The fraction of sp³-hybridized carbons (Fsp3) is 0.111. The summed E-state index contributed by atoms with van der Waals surface area (Å²) < 4.78 is 18.2. The van der Waals surface area contributed by atoms with E-state index in [1.807, 2.05) is 0 Å². The van der Waals surface area contributed by atoms with Crippen molar-refractivity contribution in [3.05, 3.63) is 75.3 Å². The Morgan fingerprint density at radius 3 is 2.57 bits per heavy atom. The van der Waals surface area contributed by atoms with E-state index in [1.165, 1.54) is 25.6 Å². The Kier molecular flexibility index (Phi) is 5.85. The maximum Gasteiger partial charge on any atom is 0.353 e. The summed E-state index contributed by atoms with van der Waals surface area (Å²) in [7, 11) is 1.47. The fourth-order valence-corrected chi connectivity index (χ4v) is 2.64. The van der Waals surface area contributed by atoms with E-state index in [0.29, 0.717) is 16.5 Å². The molecule has 0 radical (unpaired) electrons. The highest BCUT2D eigenvalue weighted by atomic mass is 35.5. The minimum Gasteiger partial charge on any atom is -0.495 e. The molecule has 1 aromatic heterocycles. The lowest BCUT2D eigenvalue weighted by Gasteiger charge is -2.12. The summed E-state index contributed by atoms with van der Waals surface area (Å²) in [6.07, 6.45) is 1.19. The molecule has 0 aliphatic heterocycles. The SMILES string of the molecule is COc1ccc(Cl)cc1Nc1ncnc(NCc2ccc(F)cc2)c1[N+](=O)[O-]. The number of rotatable bonds is 7. The smallest absolute Gasteiger partial charge is 0.353 e. The summed E-state index contributed by atoms with van der Waals surface area (Å²) >= 11 is 6.00. The zero-order valence-electron chi connectivity index (χ0n) is 14.6. The van der Waals surface area contributed by atoms with Gasteiger partial charge < -0.3 is 15.4 Å². The van der Waals surface area contributed by atoms with Crippen LogP contribution in [0.4, 0.5) is 27.4 Å². The van der Waals surface area contributed by atoms with E-state index in [2.05, 4.69) is 20.6 Å². The van der Waals surface area contributed by atoms with Gasteiger partial charge in [0.1, 0.15) is 17.9 Å². The van der Waals surface area contributed by atoms with Gasteiger partial charge in [0.2, 0.25) is 11.6 Å². The van der Waals surface area contributed by atoms with Gasteiger partial charge in [-0.2, -0.15) is 0 Å². The second kappa shape index (κ2) is 8.49. The number of ether oxygens (including phenoxy) is 1. The normalized spacial score (nSPS) is 10.4. The number of hydrogen-bond donors (Lipinski definition) is 2. The Morgan fingerprint density at radius 1 is 1.18 bits per heavy atom. The van der Waals surface area contributed by atoms with Crippen molar-refractivity contribution in [1.82, 2.24) is 9.97 Å². The van der Waals surface area contributed by atoms with Crippen LogP contribution in [0, 0.1) is 15.9 Å². The van der Waals surface area contributed by atoms with Crippen molar-refractivity contribution >= 4 is 34.6 Å². The molecule has 0 fully saturated rings. The van der Waals surface area contributed by atoms with Crippen molar-refractivity contribution in [3.8, 4) is 5.75 Å². The summed E-state index contributed by atoms with van der Waals surface area (Å²) in [5.41, 5.74) is 0.813. The molecule has 8 nitrogen and oxygen atoms in total. The van der Waals surface area contributed by atoms with Crippen LogP contribution in [0.25, 0.3) is 0 Å². The topological polar surface area (TPSA) is 102 Å². The third kappa shape index (κ3) is 4.44. The number of nitro groups is 1.